The van der Waals surface area contributed by atoms with E-state index in [1.165, 1.54) is 12.8 Å². The molecule has 0 bridgehead atoms. The maximum absolute atomic E-state index is 12.3. The molecule has 106 valence electrons. The van der Waals surface area contributed by atoms with E-state index in [1.807, 2.05) is 23.2 Å². The number of hydrogen-bond donors (Lipinski definition) is 0. The van der Waals surface area contributed by atoms with E-state index in [4.69, 9.17) is 0 Å². The van der Waals surface area contributed by atoms with E-state index in [-0.39, 0.29) is 0 Å². The molecular weight excluding hydrogens is 250 g/mol. The third kappa shape index (κ3) is 2.84. The van der Waals surface area contributed by atoms with Gasteiger partial charge < -0.3 is 9.80 Å². The lowest BCUT2D eigenvalue weighted by atomic mass is 10.2. The van der Waals surface area contributed by atoms with Crippen LogP contribution in [0, 0.1) is 5.92 Å². The molecule has 20 heavy (non-hydrogen) atoms. The minimum absolute atomic E-state index is 0.294. The molecule has 0 unspecified atom stereocenters. The zero-order valence-electron chi connectivity index (χ0n) is 11.8. The van der Waals surface area contributed by atoms with Crippen molar-refractivity contribution in [1.29, 1.82) is 0 Å². The highest BCUT2D eigenvalue weighted by Crippen LogP contribution is 2.33. The number of rotatable bonds is 4. The van der Waals surface area contributed by atoms with E-state index in [0.717, 1.165) is 37.4 Å². The van der Waals surface area contributed by atoms with E-state index in [2.05, 4.69) is 22.5 Å². The first-order chi connectivity index (χ1) is 9.78. The highest BCUT2D eigenvalue weighted by Gasteiger charge is 2.29. The lowest BCUT2D eigenvalue weighted by Gasteiger charge is -2.22. The molecule has 3 rings (SSSR count). The third-order valence-electron chi connectivity index (χ3n) is 4.03. The SMILES string of the molecule is C=CCN1CCN(C(=O)CC2CC2)Cc2cccnc21. The van der Waals surface area contributed by atoms with Crippen LogP contribution in [0.4, 0.5) is 5.82 Å². The number of anilines is 1. The second kappa shape index (κ2) is 5.65. The van der Waals surface area contributed by atoms with Gasteiger partial charge in [-0.1, -0.05) is 12.1 Å². The molecule has 4 heteroatoms. The van der Waals surface area contributed by atoms with Crippen molar-refractivity contribution in [2.24, 2.45) is 5.92 Å². The monoisotopic (exact) mass is 271 g/mol. The number of carbonyl (C=O) groups excluding carboxylic acids is 1. The van der Waals surface area contributed by atoms with Crippen molar-refractivity contribution in [3.8, 4) is 0 Å². The molecule has 2 aliphatic rings. The number of nitrogens with zero attached hydrogens (tertiary/aromatic N) is 3. The van der Waals surface area contributed by atoms with Crippen LogP contribution in [0.15, 0.2) is 31.0 Å². The van der Waals surface area contributed by atoms with Crippen molar-refractivity contribution in [2.45, 2.75) is 25.8 Å². The van der Waals surface area contributed by atoms with Gasteiger partial charge in [0.2, 0.25) is 5.91 Å². The molecule has 0 spiro atoms. The van der Waals surface area contributed by atoms with Crippen LogP contribution in [-0.4, -0.2) is 35.4 Å². The number of fused-ring (bicyclic) bond motifs is 1. The number of aromatic nitrogens is 1. The predicted molar refractivity (Wildman–Crippen MR) is 79.4 cm³/mol. The molecule has 4 nitrogen and oxygen atoms in total. The molecule has 1 saturated carbocycles. The minimum atomic E-state index is 0.294. The molecule has 2 heterocycles. The Hall–Kier alpha value is -1.84. The highest BCUT2D eigenvalue weighted by molar-refractivity contribution is 5.77. The quantitative estimate of drug-likeness (QED) is 0.788. The lowest BCUT2D eigenvalue weighted by Crippen LogP contribution is -2.35. The average molecular weight is 271 g/mol. The molecule has 1 aliphatic heterocycles. The molecule has 1 aromatic heterocycles. The van der Waals surface area contributed by atoms with Gasteiger partial charge >= 0.3 is 0 Å². The van der Waals surface area contributed by atoms with Crippen LogP contribution in [0.2, 0.25) is 0 Å². The van der Waals surface area contributed by atoms with Gasteiger partial charge in [0.1, 0.15) is 5.82 Å². The molecular formula is C16H21N3O. The van der Waals surface area contributed by atoms with E-state index < -0.39 is 0 Å². The summed E-state index contributed by atoms with van der Waals surface area (Å²) in [6.07, 6.45) is 6.87. The summed E-state index contributed by atoms with van der Waals surface area (Å²) in [6.45, 7) is 6.86. The summed E-state index contributed by atoms with van der Waals surface area (Å²) in [5, 5.41) is 0. The Morgan fingerprint density at radius 3 is 3.05 bits per heavy atom. The first kappa shape index (κ1) is 13.2. The third-order valence-corrected chi connectivity index (χ3v) is 4.03. The summed E-state index contributed by atoms with van der Waals surface area (Å²) in [7, 11) is 0. The molecule has 1 aliphatic carbocycles. The molecule has 0 radical (unpaired) electrons. The molecule has 0 saturated heterocycles. The number of hydrogen-bond acceptors (Lipinski definition) is 3. The molecule has 0 atom stereocenters. The van der Waals surface area contributed by atoms with Gasteiger partial charge in [-0.25, -0.2) is 4.98 Å². The van der Waals surface area contributed by atoms with Crippen LogP contribution < -0.4 is 4.90 Å². The van der Waals surface area contributed by atoms with Gasteiger partial charge in [0, 0.05) is 44.4 Å². The second-order valence-electron chi connectivity index (χ2n) is 5.68. The summed E-state index contributed by atoms with van der Waals surface area (Å²) in [5.41, 5.74) is 1.14. The van der Waals surface area contributed by atoms with Crippen molar-refractivity contribution in [2.75, 3.05) is 24.5 Å². The fraction of sp³-hybridized carbons (Fsp3) is 0.500. The summed E-state index contributed by atoms with van der Waals surface area (Å²) in [5.74, 6) is 1.93. The maximum atomic E-state index is 12.3. The average Bonchev–Trinajstić information content (AvgIpc) is 3.27. The Balaban J connectivity index is 1.78. The number of pyridine rings is 1. The van der Waals surface area contributed by atoms with Crippen molar-refractivity contribution < 1.29 is 4.79 Å². The van der Waals surface area contributed by atoms with Crippen molar-refractivity contribution >= 4 is 11.7 Å². The Bertz CT molecular complexity index is 510. The molecule has 0 N–H and O–H groups in total. The zero-order valence-corrected chi connectivity index (χ0v) is 11.8. The number of amides is 1. The standard InChI is InChI=1S/C16H21N3O/c1-2-8-18-9-10-19(15(20)11-13-5-6-13)12-14-4-3-7-17-16(14)18/h2-4,7,13H,1,5-6,8-12H2. The van der Waals surface area contributed by atoms with E-state index in [9.17, 15) is 4.79 Å². The Kier molecular flexibility index (Phi) is 3.72. The van der Waals surface area contributed by atoms with Gasteiger partial charge in [0.05, 0.1) is 0 Å². The smallest absolute Gasteiger partial charge is 0.223 e. The molecule has 1 fully saturated rings. The first-order valence-electron chi connectivity index (χ1n) is 7.35. The van der Waals surface area contributed by atoms with Gasteiger partial charge in [-0.2, -0.15) is 0 Å². The molecule has 1 amide bonds. The van der Waals surface area contributed by atoms with Gasteiger partial charge in [0.25, 0.3) is 0 Å². The Morgan fingerprint density at radius 1 is 1.45 bits per heavy atom. The topological polar surface area (TPSA) is 36.4 Å². The van der Waals surface area contributed by atoms with Gasteiger partial charge in [-0.15, -0.1) is 6.58 Å². The maximum Gasteiger partial charge on any atom is 0.223 e. The van der Waals surface area contributed by atoms with E-state index in [0.29, 0.717) is 18.4 Å². The highest BCUT2D eigenvalue weighted by atomic mass is 16.2. The van der Waals surface area contributed by atoms with Crippen LogP contribution in [0.1, 0.15) is 24.8 Å². The molecule has 1 aromatic rings. The summed E-state index contributed by atoms with van der Waals surface area (Å²) >= 11 is 0. The largest absolute Gasteiger partial charge is 0.351 e. The fourth-order valence-corrected chi connectivity index (χ4v) is 2.71. The van der Waals surface area contributed by atoms with Crippen LogP contribution in [0.3, 0.4) is 0 Å². The van der Waals surface area contributed by atoms with Crippen molar-refractivity contribution in [3.63, 3.8) is 0 Å². The predicted octanol–water partition coefficient (Wildman–Crippen LogP) is 2.22. The Morgan fingerprint density at radius 2 is 2.30 bits per heavy atom. The van der Waals surface area contributed by atoms with Gasteiger partial charge in [-0.05, 0) is 24.8 Å². The zero-order chi connectivity index (χ0) is 13.9. The summed E-state index contributed by atoms with van der Waals surface area (Å²) in [4.78, 5) is 21.0. The summed E-state index contributed by atoms with van der Waals surface area (Å²) < 4.78 is 0. The fourth-order valence-electron chi connectivity index (χ4n) is 2.71. The van der Waals surface area contributed by atoms with Gasteiger partial charge in [-0.3, -0.25) is 4.79 Å². The molecule has 0 aromatic carbocycles. The van der Waals surface area contributed by atoms with Crippen LogP contribution in [0.5, 0.6) is 0 Å². The number of carbonyl (C=O) groups is 1. The summed E-state index contributed by atoms with van der Waals surface area (Å²) in [6, 6.07) is 4.01. The van der Waals surface area contributed by atoms with Crippen LogP contribution >= 0.6 is 0 Å². The van der Waals surface area contributed by atoms with Crippen LogP contribution in [-0.2, 0) is 11.3 Å². The van der Waals surface area contributed by atoms with Crippen molar-refractivity contribution in [3.05, 3.63) is 36.5 Å². The second-order valence-corrected chi connectivity index (χ2v) is 5.68. The minimum Gasteiger partial charge on any atom is -0.351 e. The van der Waals surface area contributed by atoms with Gasteiger partial charge in [0.15, 0.2) is 0 Å². The van der Waals surface area contributed by atoms with Crippen LogP contribution in [0.25, 0.3) is 0 Å². The normalized spacial score (nSPS) is 18.4. The van der Waals surface area contributed by atoms with E-state index in [1.54, 1.807) is 0 Å². The van der Waals surface area contributed by atoms with E-state index >= 15 is 0 Å². The van der Waals surface area contributed by atoms with Crippen molar-refractivity contribution in [1.82, 2.24) is 9.88 Å². The Labute approximate surface area is 120 Å². The first-order valence-corrected chi connectivity index (χ1v) is 7.35. The lowest BCUT2D eigenvalue weighted by molar-refractivity contribution is -0.132.